The number of ether oxygens (including phenoxy) is 1. The van der Waals surface area contributed by atoms with Crippen LogP contribution in [0.25, 0.3) is 22.2 Å². The number of benzene rings is 2. The standard InChI is InChI=1S/C31H40N4O2S/c1-20(36)30-24-18-34-27-16-22(17-35(38)33(4)21(2)32(30)3)14-15-25(27)29(23-10-6-5-7-11-23)31(34)26-12-8-9-13-28(26)37-19-24/h8-9,12-16,21,23-24,30,38H,5-7,10-11,17-19H2,1-4H3/t21?,24-,30?/m0/s1. The van der Waals surface area contributed by atoms with Crippen molar-refractivity contribution < 1.29 is 9.53 Å². The van der Waals surface area contributed by atoms with Crippen molar-refractivity contribution in [2.75, 3.05) is 20.7 Å². The molecule has 0 radical (unpaired) electrons. The lowest BCUT2D eigenvalue weighted by Gasteiger charge is -2.43. The summed E-state index contributed by atoms with van der Waals surface area (Å²) in [5, 5.41) is 3.46. The molecule has 0 spiro atoms. The minimum Gasteiger partial charge on any atom is -0.492 e. The normalized spacial score (nSPS) is 25.9. The Balaban J connectivity index is 1.65. The van der Waals surface area contributed by atoms with Gasteiger partial charge in [0, 0.05) is 42.5 Å². The number of carbonyl (C=O) groups excluding carboxylic acids is 1. The molecule has 0 amide bonds. The minimum atomic E-state index is -0.287. The van der Waals surface area contributed by atoms with Crippen molar-refractivity contribution >= 4 is 29.5 Å². The lowest BCUT2D eigenvalue weighted by Crippen LogP contribution is -2.56. The van der Waals surface area contributed by atoms with Crippen LogP contribution in [0, 0.1) is 5.92 Å². The van der Waals surface area contributed by atoms with E-state index in [1.807, 2.05) is 11.5 Å². The summed E-state index contributed by atoms with van der Waals surface area (Å²) in [5.41, 5.74) is 6.44. The Morgan fingerprint density at radius 2 is 1.82 bits per heavy atom. The van der Waals surface area contributed by atoms with Crippen molar-refractivity contribution in [3.63, 3.8) is 0 Å². The molecule has 2 aromatic carbocycles. The predicted octanol–water partition coefficient (Wildman–Crippen LogP) is 6.11. The maximum atomic E-state index is 13.3. The van der Waals surface area contributed by atoms with Gasteiger partial charge < -0.3 is 9.30 Å². The number of likely N-dealkylation sites (N-methyl/N-ethyl adjacent to an activating group) is 1. The molecule has 7 heteroatoms. The van der Waals surface area contributed by atoms with Crippen LogP contribution in [-0.4, -0.2) is 57.6 Å². The molecule has 6 rings (SSSR count). The smallest absolute Gasteiger partial charge is 0.147 e. The van der Waals surface area contributed by atoms with Crippen LogP contribution in [0.1, 0.15) is 63.0 Å². The Bertz CT molecular complexity index is 1350. The Morgan fingerprint density at radius 1 is 1.05 bits per heavy atom. The van der Waals surface area contributed by atoms with Crippen LogP contribution in [0.4, 0.5) is 0 Å². The van der Waals surface area contributed by atoms with E-state index in [0.29, 0.717) is 19.1 Å². The molecule has 3 atom stereocenters. The van der Waals surface area contributed by atoms with Crippen molar-refractivity contribution in [1.82, 2.24) is 18.9 Å². The highest BCUT2D eigenvalue weighted by Crippen LogP contribution is 2.47. The number of thiol groups is 1. The van der Waals surface area contributed by atoms with Crippen molar-refractivity contribution in [3.8, 4) is 17.0 Å². The molecule has 2 unspecified atom stereocenters. The zero-order chi connectivity index (χ0) is 26.6. The van der Waals surface area contributed by atoms with Crippen molar-refractivity contribution in [2.24, 2.45) is 5.92 Å². The van der Waals surface area contributed by atoms with Gasteiger partial charge in [-0.2, -0.15) is 4.41 Å². The van der Waals surface area contributed by atoms with E-state index in [1.54, 1.807) is 6.92 Å². The fourth-order valence-corrected chi connectivity index (χ4v) is 7.50. The second kappa shape index (κ2) is 10.3. The molecule has 6 nitrogen and oxygen atoms in total. The topological polar surface area (TPSA) is 41.0 Å². The van der Waals surface area contributed by atoms with Gasteiger partial charge in [-0.3, -0.25) is 9.69 Å². The number of Topliss-reactive ketones (excluding diaryl/α,β-unsaturated/α-hetero) is 1. The first-order valence-corrected chi connectivity index (χ1v) is 14.5. The van der Waals surface area contributed by atoms with Crippen molar-refractivity contribution in [1.29, 1.82) is 0 Å². The molecule has 1 saturated carbocycles. The maximum Gasteiger partial charge on any atom is 0.147 e. The van der Waals surface area contributed by atoms with Gasteiger partial charge >= 0.3 is 0 Å². The van der Waals surface area contributed by atoms with E-state index < -0.39 is 0 Å². The molecule has 0 N–H and O–H groups in total. The molecular weight excluding hydrogens is 492 g/mol. The number of carbonyl (C=O) groups is 1. The summed E-state index contributed by atoms with van der Waals surface area (Å²) < 4.78 is 11.1. The first-order valence-electron chi connectivity index (χ1n) is 14.1. The van der Waals surface area contributed by atoms with Crippen LogP contribution in [0.15, 0.2) is 42.5 Å². The van der Waals surface area contributed by atoms with Gasteiger partial charge in [-0.1, -0.05) is 56.3 Å². The minimum absolute atomic E-state index is 0.00767. The summed E-state index contributed by atoms with van der Waals surface area (Å²) in [6.45, 7) is 5.78. The quantitative estimate of drug-likeness (QED) is 0.404. The second-order valence-electron chi connectivity index (χ2n) is 11.6. The van der Waals surface area contributed by atoms with Crippen molar-refractivity contribution in [2.45, 2.75) is 77.2 Å². The van der Waals surface area contributed by atoms with Crippen LogP contribution in [0.3, 0.4) is 0 Å². The summed E-state index contributed by atoms with van der Waals surface area (Å²) in [4.78, 5) is 15.5. The van der Waals surface area contributed by atoms with E-state index in [2.05, 4.69) is 70.9 Å². The highest BCUT2D eigenvalue weighted by molar-refractivity contribution is 7.77. The molecule has 1 aliphatic carbocycles. The fourth-order valence-electron chi connectivity index (χ4n) is 7.18. The number of hydrogen-bond acceptors (Lipinski definition) is 6. The lowest BCUT2D eigenvalue weighted by molar-refractivity contribution is -0.129. The number of hydrogen-bond donors (Lipinski definition) is 1. The average molecular weight is 533 g/mol. The summed E-state index contributed by atoms with van der Waals surface area (Å²) in [6, 6.07) is 15.2. The largest absolute Gasteiger partial charge is 0.492 e. The fraction of sp³-hybridized carbons (Fsp3) is 0.516. The average Bonchev–Trinajstić information content (AvgIpc) is 3.22. The zero-order valence-electron chi connectivity index (χ0n) is 23.1. The number of para-hydroxylation sites is 1. The molecule has 202 valence electrons. The zero-order valence-corrected chi connectivity index (χ0v) is 24.0. The number of hydrazine groups is 1. The van der Waals surface area contributed by atoms with Gasteiger partial charge in [0.15, 0.2) is 0 Å². The maximum absolute atomic E-state index is 13.3. The Morgan fingerprint density at radius 3 is 2.58 bits per heavy atom. The van der Waals surface area contributed by atoms with E-state index in [1.165, 1.54) is 65.4 Å². The molecule has 4 bridgehead atoms. The van der Waals surface area contributed by atoms with Crippen molar-refractivity contribution in [3.05, 3.63) is 53.6 Å². The van der Waals surface area contributed by atoms with Crippen LogP contribution >= 0.6 is 12.8 Å². The van der Waals surface area contributed by atoms with Crippen LogP contribution < -0.4 is 4.74 Å². The summed E-state index contributed by atoms with van der Waals surface area (Å²) in [5.74, 6) is 1.62. The predicted molar refractivity (Wildman–Crippen MR) is 156 cm³/mol. The van der Waals surface area contributed by atoms with Gasteiger partial charge in [-0.15, -0.1) is 0 Å². The monoisotopic (exact) mass is 532 g/mol. The number of ketones is 1. The molecule has 0 saturated heterocycles. The van der Waals surface area contributed by atoms with E-state index in [4.69, 9.17) is 17.6 Å². The Labute approximate surface area is 232 Å². The number of rotatable bonds is 2. The van der Waals surface area contributed by atoms with Crippen LogP contribution in [0.5, 0.6) is 5.75 Å². The first kappa shape index (κ1) is 25.9. The molecule has 1 fully saturated rings. The highest BCUT2D eigenvalue weighted by atomic mass is 32.1. The summed E-state index contributed by atoms with van der Waals surface area (Å²) in [6.07, 6.45) is 6.32. The van der Waals surface area contributed by atoms with Gasteiger partial charge in [0.2, 0.25) is 0 Å². The van der Waals surface area contributed by atoms with Gasteiger partial charge in [-0.25, -0.2) is 5.01 Å². The molecule has 2 aliphatic heterocycles. The molecule has 3 aliphatic rings. The molecular formula is C31H40N4O2S. The van der Waals surface area contributed by atoms with Gasteiger partial charge in [0.25, 0.3) is 0 Å². The Hall–Kier alpha value is -2.32. The van der Waals surface area contributed by atoms with E-state index in [-0.39, 0.29) is 23.9 Å². The SMILES string of the molecule is CC(=O)C1[C@@H]2COc3ccccc3-c3c(C4CCCCC4)c4ccc(cc4n3C2)CN(S)N(C)C(C)N1C. The van der Waals surface area contributed by atoms with E-state index in [9.17, 15) is 4.79 Å². The second-order valence-corrected chi connectivity index (χ2v) is 12.0. The van der Waals surface area contributed by atoms with Crippen LogP contribution in [-0.2, 0) is 17.9 Å². The van der Waals surface area contributed by atoms with Gasteiger partial charge in [-0.05, 0) is 69.0 Å². The lowest BCUT2D eigenvalue weighted by atomic mass is 9.81. The number of aromatic nitrogens is 1. The third-order valence-corrected chi connectivity index (χ3v) is 9.74. The van der Waals surface area contributed by atoms with Crippen LogP contribution in [0.2, 0.25) is 0 Å². The van der Waals surface area contributed by atoms with E-state index in [0.717, 1.165) is 12.3 Å². The Kier molecular flexibility index (Phi) is 7.06. The summed E-state index contributed by atoms with van der Waals surface area (Å²) >= 11 is 4.87. The first-order chi connectivity index (χ1) is 18.3. The van der Waals surface area contributed by atoms with E-state index >= 15 is 0 Å². The number of fused-ring (bicyclic) bond motifs is 4. The molecule has 3 heterocycles. The molecule has 3 aromatic rings. The van der Waals surface area contributed by atoms with Gasteiger partial charge in [0.1, 0.15) is 11.5 Å². The molecule has 38 heavy (non-hydrogen) atoms. The highest BCUT2D eigenvalue weighted by Gasteiger charge is 2.38. The third-order valence-electron chi connectivity index (χ3n) is 9.31. The van der Waals surface area contributed by atoms with Gasteiger partial charge in [0.05, 0.1) is 24.5 Å². The third kappa shape index (κ3) is 4.37. The number of nitrogens with zero attached hydrogens (tertiary/aromatic N) is 4. The summed E-state index contributed by atoms with van der Waals surface area (Å²) in [7, 11) is 4.11. The molecule has 1 aromatic heterocycles.